The number of aliphatic hydroxyl groups is 1. The van der Waals surface area contributed by atoms with E-state index in [0.717, 1.165) is 12.3 Å². The summed E-state index contributed by atoms with van der Waals surface area (Å²) in [6, 6.07) is 0. The molecule has 0 aromatic carbocycles. The summed E-state index contributed by atoms with van der Waals surface area (Å²) in [5.41, 5.74) is -0.279. The third-order valence-electron chi connectivity index (χ3n) is 4.44. The van der Waals surface area contributed by atoms with Gasteiger partial charge in [-0.05, 0) is 49.9 Å². The molecule has 2 fully saturated rings. The largest absolute Gasteiger partial charge is 0.389 e. The van der Waals surface area contributed by atoms with E-state index in [-0.39, 0.29) is 5.60 Å². The lowest BCUT2D eigenvalue weighted by Gasteiger charge is -2.38. The van der Waals surface area contributed by atoms with Crippen LogP contribution in [0.1, 0.15) is 52.4 Å². The van der Waals surface area contributed by atoms with Gasteiger partial charge in [-0.1, -0.05) is 20.3 Å². The lowest BCUT2D eigenvalue weighted by molar-refractivity contribution is -0.0615. The van der Waals surface area contributed by atoms with Crippen LogP contribution < -0.4 is 0 Å². The van der Waals surface area contributed by atoms with Gasteiger partial charge in [-0.15, -0.1) is 0 Å². The summed E-state index contributed by atoms with van der Waals surface area (Å²) in [5, 5.41) is 10.6. The van der Waals surface area contributed by atoms with Gasteiger partial charge in [0.05, 0.1) is 5.60 Å². The first-order valence-electron chi connectivity index (χ1n) is 5.89. The predicted molar refractivity (Wildman–Crippen MR) is 54.5 cm³/mol. The Morgan fingerprint density at radius 2 is 2.23 bits per heavy atom. The van der Waals surface area contributed by atoms with E-state index in [0.29, 0.717) is 11.8 Å². The van der Waals surface area contributed by atoms with Crippen molar-refractivity contribution < 1.29 is 5.11 Å². The van der Waals surface area contributed by atoms with Gasteiger partial charge < -0.3 is 5.11 Å². The minimum atomic E-state index is -0.279. The van der Waals surface area contributed by atoms with Crippen molar-refractivity contribution in [3.63, 3.8) is 0 Å². The minimum absolute atomic E-state index is 0.279. The summed E-state index contributed by atoms with van der Waals surface area (Å²) in [6.07, 6.45) is 7.48. The molecule has 4 unspecified atom stereocenters. The molecule has 2 aliphatic carbocycles. The van der Waals surface area contributed by atoms with E-state index in [1.165, 1.54) is 32.1 Å². The van der Waals surface area contributed by atoms with E-state index in [1.807, 2.05) is 0 Å². The van der Waals surface area contributed by atoms with E-state index >= 15 is 0 Å². The summed E-state index contributed by atoms with van der Waals surface area (Å²) in [4.78, 5) is 0. The van der Waals surface area contributed by atoms with Crippen LogP contribution in [-0.2, 0) is 0 Å². The van der Waals surface area contributed by atoms with Crippen molar-refractivity contribution in [3.8, 4) is 0 Å². The first-order chi connectivity index (χ1) is 6.16. The normalized spacial score (nSPS) is 45.5. The monoisotopic (exact) mass is 182 g/mol. The van der Waals surface area contributed by atoms with Gasteiger partial charge >= 0.3 is 0 Å². The highest BCUT2D eigenvalue weighted by atomic mass is 16.3. The molecular formula is C12H22O. The van der Waals surface area contributed by atoms with Crippen LogP contribution in [0.5, 0.6) is 0 Å². The van der Waals surface area contributed by atoms with Crippen molar-refractivity contribution >= 4 is 0 Å². The Morgan fingerprint density at radius 1 is 1.46 bits per heavy atom. The smallest absolute Gasteiger partial charge is 0.0703 e. The van der Waals surface area contributed by atoms with Crippen LogP contribution in [-0.4, -0.2) is 10.7 Å². The third-order valence-corrected chi connectivity index (χ3v) is 4.44. The molecule has 0 amide bonds. The van der Waals surface area contributed by atoms with Crippen molar-refractivity contribution in [2.45, 2.75) is 58.0 Å². The van der Waals surface area contributed by atoms with Gasteiger partial charge in [0.25, 0.3) is 0 Å². The maximum atomic E-state index is 10.6. The van der Waals surface area contributed by atoms with E-state index in [1.54, 1.807) is 0 Å². The first-order valence-corrected chi connectivity index (χ1v) is 5.89. The van der Waals surface area contributed by atoms with Gasteiger partial charge in [-0.25, -0.2) is 0 Å². The van der Waals surface area contributed by atoms with Crippen molar-refractivity contribution in [2.75, 3.05) is 0 Å². The molecule has 0 aromatic heterocycles. The second-order valence-electron chi connectivity index (χ2n) is 5.26. The summed E-state index contributed by atoms with van der Waals surface area (Å²) in [6.45, 7) is 4.46. The molecule has 1 heteroatoms. The lowest BCUT2D eigenvalue weighted by atomic mass is 9.74. The van der Waals surface area contributed by atoms with E-state index in [9.17, 15) is 5.11 Å². The standard InChI is InChI=1S/C12H22O/c1-3-4-9(2)12(13)8-10-5-6-11(12)7-10/h9-11,13H,3-8H2,1-2H3. The molecule has 2 aliphatic rings. The Morgan fingerprint density at radius 3 is 2.69 bits per heavy atom. The Kier molecular flexibility index (Phi) is 2.39. The van der Waals surface area contributed by atoms with Gasteiger partial charge in [0.15, 0.2) is 0 Å². The molecule has 13 heavy (non-hydrogen) atoms. The van der Waals surface area contributed by atoms with Gasteiger partial charge in [-0.3, -0.25) is 0 Å². The van der Waals surface area contributed by atoms with Gasteiger partial charge in [0.2, 0.25) is 0 Å². The minimum Gasteiger partial charge on any atom is -0.389 e. The maximum Gasteiger partial charge on any atom is 0.0703 e. The second kappa shape index (κ2) is 3.27. The van der Waals surface area contributed by atoms with Crippen LogP contribution in [0.2, 0.25) is 0 Å². The number of rotatable bonds is 3. The number of hydrogen-bond acceptors (Lipinski definition) is 1. The molecule has 2 rings (SSSR count). The Bertz CT molecular complexity index is 190. The molecule has 0 saturated heterocycles. The quantitative estimate of drug-likeness (QED) is 0.711. The zero-order chi connectivity index (χ0) is 9.47. The van der Waals surface area contributed by atoms with Crippen LogP contribution in [0.3, 0.4) is 0 Å². The molecule has 76 valence electrons. The highest BCUT2D eigenvalue weighted by Gasteiger charge is 2.52. The fraction of sp³-hybridized carbons (Fsp3) is 1.00. The Hall–Kier alpha value is -0.0400. The van der Waals surface area contributed by atoms with Crippen LogP contribution >= 0.6 is 0 Å². The fourth-order valence-corrected chi connectivity index (χ4v) is 3.63. The Labute approximate surface area is 81.5 Å². The van der Waals surface area contributed by atoms with Gasteiger partial charge in [-0.2, -0.15) is 0 Å². The zero-order valence-electron chi connectivity index (χ0n) is 8.92. The van der Waals surface area contributed by atoms with Crippen LogP contribution in [0.4, 0.5) is 0 Å². The second-order valence-corrected chi connectivity index (χ2v) is 5.26. The SMILES string of the molecule is CCCC(C)C1(O)CC2CCC1C2. The zero-order valence-corrected chi connectivity index (χ0v) is 8.92. The van der Waals surface area contributed by atoms with E-state index in [4.69, 9.17) is 0 Å². The molecule has 1 N–H and O–H groups in total. The maximum absolute atomic E-state index is 10.6. The van der Waals surface area contributed by atoms with Crippen LogP contribution in [0.15, 0.2) is 0 Å². The highest BCUT2D eigenvalue weighted by molar-refractivity contribution is 5.03. The van der Waals surface area contributed by atoms with Crippen LogP contribution in [0.25, 0.3) is 0 Å². The molecule has 0 radical (unpaired) electrons. The van der Waals surface area contributed by atoms with E-state index < -0.39 is 0 Å². The molecule has 2 saturated carbocycles. The summed E-state index contributed by atoms with van der Waals surface area (Å²) in [5.74, 6) is 2.01. The van der Waals surface area contributed by atoms with Gasteiger partial charge in [0, 0.05) is 0 Å². The molecule has 0 spiro atoms. The summed E-state index contributed by atoms with van der Waals surface area (Å²) < 4.78 is 0. The van der Waals surface area contributed by atoms with E-state index in [2.05, 4.69) is 13.8 Å². The molecule has 0 heterocycles. The molecule has 0 aliphatic heterocycles. The topological polar surface area (TPSA) is 20.2 Å². The number of hydrogen-bond donors (Lipinski definition) is 1. The van der Waals surface area contributed by atoms with Crippen molar-refractivity contribution in [1.29, 1.82) is 0 Å². The molecular weight excluding hydrogens is 160 g/mol. The first kappa shape index (κ1) is 9.51. The highest BCUT2D eigenvalue weighted by Crippen LogP contribution is 2.54. The average molecular weight is 182 g/mol. The fourth-order valence-electron chi connectivity index (χ4n) is 3.63. The van der Waals surface area contributed by atoms with Crippen molar-refractivity contribution in [3.05, 3.63) is 0 Å². The molecule has 4 atom stereocenters. The summed E-state index contributed by atoms with van der Waals surface area (Å²) >= 11 is 0. The van der Waals surface area contributed by atoms with Gasteiger partial charge in [0.1, 0.15) is 0 Å². The molecule has 0 aromatic rings. The Balaban J connectivity index is 2.04. The average Bonchev–Trinajstić information content (AvgIpc) is 2.64. The predicted octanol–water partition coefficient (Wildman–Crippen LogP) is 2.97. The molecule has 1 nitrogen and oxygen atoms in total. The van der Waals surface area contributed by atoms with Crippen LogP contribution in [0, 0.1) is 17.8 Å². The van der Waals surface area contributed by atoms with Crippen molar-refractivity contribution in [2.24, 2.45) is 17.8 Å². The number of fused-ring (bicyclic) bond motifs is 2. The van der Waals surface area contributed by atoms with Crippen molar-refractivity contribution in [1.82, 2.24) is 0 Å². The molecule has 2 bridgehead atoms. The lowest BCUT2D eigenvalue weighted by Crippen LogP contribution is -2.41. The summed E-state index contributed by atoms with van der Waals surface area (Å²) in [7, 11) is 0. The third kappa shape index (κ3) is 1.41.